The molecule has 0 unspecified atom stereocenters. The van der Waals surface area contributed by atoms with Gasteiger partial charge in [0.25, 0.3) is 5.91 Å². The maximum atomic E-state index is 13.1. The summed E-state index contributed by atoms with van der Waals surface area (Å²) in [4.78, 5) is 25.7. The Kier molecular flexibility index (Phi) is 4.14. The van der Waals surface area contributed by atoms with Crippen molar-refractivity contribution in [1.29, 1.82) is 0 Å². The van der Waals surface area contributed by atoms with E-state index in [-0.39, 0.29) is 13.1 Å². The summed E-state index contributed by atoms with van der Waals surface area (Å²) in [5.41, 5.74) is -0.427. The lowest BCUT2D eigenvalue weighted by Gasteiger charge is -2.26. The van der Waals surface area contributed by atoms with Crippen molar-refractivity contribution in [2.45, 2.75) is 19.1 Å². The Balaban J connectivity index is 1.61. The third kappa shape index (κ3) is 3.27. The minimum absolute atomic E-state index is 0.0735. The molecule has 9 heteroatoms. The number of hydrogen-bond donors (Lipinski definition) is 0. The van der Waals surface area contributed by atoms with Crippen LogP contribution < -0.4 is 0 Å². The molecule has 138 valence electrons. The summed E-state index contributed by atoms with van der Waals surface area (Å²) in [6.45, 7) is 0.309. The first-order chi connectivity index (χ1) is 12.9. The van der Waals surface area contributed by atoms with Crippen LogP contribution in [0.4, 0.5) is 13.2 Å². The topological polar surface area (TPSA) is 72.1 Å². The summed E-state index contributed by atoms with van der Waals surface area (Å²) in [6.07, 6.45) is -0.0828. The third-order valence-corrected chi connectivity index (χ3v) is 4.23. The predicted octanol–water partition coefficient (Wildman–Crippen LogP) is 3.35. The molecular weight excluding hydrogens is 361 g/mol. The van der Waals surface area contributed by atoms with E-state index in [1.807, 2.05) is 0 Å². The lowest BCUT2D eigenvalue weighted by atomic mass is 10.1. The second-order valence-electron chi connectivity index (χ2n) is 6.00. The van der Waals surface area contributed by atoms with Crippen molar-refractivity contribution in [1.82, 2.24) is 19.9 Å². The van der Waals surface area contributed by atoms with Gasteiger partial charge in [-0.1, -0.05) is 0 Å². The number of nitrogens with zero attached hydrogens (tertiary/aromatic N) is 4. The van der Waals surface area contributed by atoms with E-state index in [0.29, 0.717) is 29.3 Å². The predicted molar refractivity (Wildman–Crippen MR) is 87.4 cm³/mol. The molecule has 4 heterocycles. The minimum Gasteiger partial charge on any atom is -0.441 e. The molecule has 0 saturated carbocycles. The van der Waals surface area contributed by atoms with Crippen LogP contribution in [0.3, 0.4) is 0 Å². The smallest absolute Gasteiger partial charge is 0.434 e. The molecule has 1 aliphatic heterocycles. The van der Waals surface area contributed by atoms with Gasteiger partial charge < -0.3 is 9.32 Å². The highest BCUT2D eigenvalue weighted by Gasteiger charge is 2.38. The molecule has 0 spiro atoms. The zero-order valence-electron chi connectivity index (χ0n) is 13.9. The standard InChI is InChI=1S/C18H13F3N4O2/c19-18(20,21)15-12(4-2-7-23-15)17(26)25-8-5-14-13(10-25)24-16(27-14)11-3-1-6-22-9-11/h1-4,6-7,9H,5,8,10H2. The van der Waals surface area contributed by atoms with Crippen molar-refractivity contribution < 1.29 is 22.4 Å². The molecule has 0 atom stereocenters. The average molecular weight is 374 g/mol. The number of amides is 1. The summed E-state index contributed by atoms with van der Waals surface area (Å²) in [5.74, 6) is 0.270. The van der Waals surface area contributed by atoms with Crippen molar-refractivity contribution in [3.8, 4) is 11.5 Å². The first kappa shape index (κ1) is 17.2. The lowest BCUT2D eigenvalue weighted by Crippen LogP contribution is -2.37. The van der Waals surface area contributed by atoms with E-state index in [1.165, 1.54) is 11.0 Å². The van der Waals surface area contributed by atoms with Crippen LogP contribution in [0.5, 0.6) is 0 Å². The second kappa shape index (κ2) is 6.49. The van der Waals surface area contributed by atoms with E-state index in [0.717, 1.165) is 12.3 Å². The van der Waals surface area contributed by atoms with Crippen LogP contribution in [0, 0.1) is 0 Å². The number of fused-ring (bicyclic) bond motifs is 1. The van der Waals surface area contributed by atoms with Gasteiger partial charge in [0.1, 0.15) is 11.5 Å². The number of carbonyl (C=O) groups is 1. The number of oxazole rings is 1. The van der Waals surface area contributed by atoms with Gasteiger partial charge in [-0.15, -0.1) is 0 Å². The molecule has 27 heavy (non-hydrogen) atoms. The van der Waals surface area contributed by atoms with E-state index in [4.69, 9.17) is 4.42 Å². The van der Waals surface area contributed by atoms with Gasteiger partial charge in [0.05, 0.1) is 17.7 Å². The van der Waals surface area contributed by atoms with Crippen LogP contribution in [0.2, 0.25) is 0 Å². The minimum atomic E-state index is -4.70. The molecular formula is C18H13F3N4O2. The van der Waals surface area contributed by atoms with E-state index < -0.39 is 23.3 Å². The summed E-state index contributed by atoms with van der Waals surface area (Å²) >= 11 is 0. The van der Waals surface area contributed by atoms with Crippen LogP contribution in [-0.2, 0) is 19.1 Å². The van der Waals surface area contributed by atoms with E-state index in [9.17, 15) is 18.0 Å². The quantitative estimate of drug-likeness (QED) is 0.688. The molecule has 0 aromatic carbocycles. The Morgan fingerprint density at radius 1 is 1.19 bits per heavy atom. The van der Waals surface area contributed by atoms with E-state index >= 15 is 0 Å². The average Bonchev–Trinajstić information content (AvgIpc) is 3.11. The van der Waals surface area contributed by atoms with Gasteiger partial charge in [-0.2, -0.15) is 13.2 Å². The first-order valence-corrected chi connectivity index (χ1v) is 8.14. The van der Waals surface area contributed by atoms with E-state index in [2.05, 4.69) is 15.0 Å². The van der Waals surface area contributed by atoms with Crippen molar-refractivity contribution in [3.63, 3.8) is 0 Å². The fraction of sp³-hybridized carbons (Fsp3) is 0.222. The largest absolute Gasteiger partial charge is 0.441 e. The third-order valence-electron chi connectivity index (χ3n) is 4.23. The molecule has 3 aromatic heterocycles. The molecule has 3 aromatic rings. The van der Waals surface area contributed by atoms with Gasteiger partial charge in [-0.25, -0.2) is 4.98 Å². The lowest BCUT2D eigenvalue weighted by molar-refractivity contribution is -0.141. The number of rotatable bonds is 2. The molecule has 4 rings (SSSR count). The zero-order chi connectivity index (χ0) is 19.0. The Hall–Kier alpha value is -3.23. The van der Waals surface area contributed by atoms with Gasteiger partial charge in [0.2, 0.25) is 5.89 Å². The highest BCUT2D eigenvalue weighted by molar-refractivity contribution is 5.95. The number of alkyl halides is 3. The SMILES string of the molecule is O=C(c1cccnc1C(F)(F)F)N1CCc2oc(-c3cccnc3)nc2C1. The van der Waals surface area contributed by atoms with Gasteiger partial charge in [-0.3, -0.25) is 14.8 Å². The molecule has 0 N–H and O–H groups in total. The number of carbonyl (C=O) groups excluding carboxylic acids is 1. The fourth-order valence-electron chi connectivity index (χ4n) is 2.96. The normalized spacial score (nSPS) is 14.1. The molecule has 0 radical (unpaired) electrons. The Bertz CT molecular complexity index is 986. The Morgan fingerprint density at radius 3 is 2.74 bits per heavy atom. The summed E-state index contributed by atoms with van der Waals surface area (Å²) in [5, 5.41) is 0. The second-order valence-corrected chi connectivity index (χ2v) is 6.00. The highest BCUT2D eigenvalue weighted by Crippen LogP contribution is 2.32. The Labute approximate surface area is 151 Å². The van der Waals surface area contributed by atoms with Crippen LogP contribution in [0.15, 0.2) is 47.3 Å². The van der Waals surface area contributed by atoms with Crippen LogP contribution >= 0.6 is 0 Å². The van der Waals surface area contributed by atoms with Gasteiger partial charge in [0, 0.05) is 31.6 Å². The fourth-order valence-corrected chi connectivity index (χ4v) is 2.96. The molecule has 0 bridgehead atoms. The summed E-state index contributed by atoms with van der Waals surface area (Å²) < 4.78 is 45.1. The van der Waals surface area contributed by atoms with Gasteiger partial charge in [-0.05, 0) is 24.3 Å². The molecule has 0 fully saturated rings. The summed E-state index contributed by atoms with van der Waals surface area (Å²) in [6, 6.07) is 5.99. The Morgan fingerprint density at radius 2 is 2.00 bits per heavy atom. The number of aromatic nitrogens is 3. The van der Waals surface area contributed by atoms with Crippen molar-refractivity contribution >= 4 is 5.91 Å². The van der Waals surface area contributed by atoms with Crippen LogP contribution in [0.25, 0.3) is 11.5 Å². The molecule has 1 aliphatic rings. The molecule has 1 amide bonds. The molecule has 0 aliphatic carbocycles. The number of pyridine rings is 2. The maximum absolute atomic E-state index is 13.1. The molecule has 0 saturated heterocycles. The first-order valence-electron chi connectivity index (χ1n) is 8.14. The number of halogens is 3. The van der Waals surface area contributed by atoms with Crippen molar-refractivity contribution in [2.24, 2.45) is 0 Å². The van der Waals surface area contributed by atoms with Crippen molar-refractivity contribution in [2.75, 3.05) is 6.54 Å². The van der Waals surface area contributed by atoms with Gasteiger partial charge in [0.15, 0.2) is 5.69 Å². The van der Waals surface area contributed by atoms with Crippen LogP contribution in [0.1, 0.15) is 27.5 Å². The molecule has 6 nitrogen and oxygen atoms in total. The summed E-state index contributed by atoms with van der Waals surface area (Å²) in [7, 11) is 0. The van der Waals surface area contributed by atoms with E-state index in [1.54, 1.807) is 24.5 Å². The number of hydrogen-bond acceptors (Lipinski definition) is 5. The highest BCUT2D eigenvalue weighted by atomic mass is 19.4. The van der Waals surface area contributed by atoms with Crippen LogP contribution in [-0.4, -0.2) is 32.3 Å². The zero-order valence-corrected chi connectivity index (χ0v) is 13.9. The van der Waals surface area contributed by atoms with Crippen molar-refractivity contribution in [3.05, 3.63) is 65.6 Å². The van der Waals surface area contributed by atoms with Gasteiger partial charge >= 0.3 is 6.18 Å². The monoisotopic (exact) mass is 374 g/mol. The maximum Gasteiger partial charge on any atom is 0.434 e.